The second-order valence-corrected chi connectivity index (χ2v) is 20.9. The van der Waals surface area contributed by atoms with Crippen molar-refractivity contribution in [1.29, 1.82) is 0 Å². The molecule has 270 valence electrons. The zero-order valence-electron chi connectivity index (χ0n) is 30.9. The molecule has 0 aliphatic carbocycles. The van der Waals surface area contributed by atoms with Gasteiger partial charge in [-0.2, -0.15) is 0 Å². The first-order valence-corrected chi connectivity index (χ1v) is 20.0. The van der Waals surface area contributed by atoms with Crippen molar-refractivity contribution in [2.24, 2.45) is 0 Å². The summed E-state index contributed by atoms with van der Waals surface area (Å²) in [5.41, 5.74) is -0.375. The van der Waals surface area contributed by atoms with E-state index in [0.717, 1.165) is 18.4 Å². The predicted octanol–water partition coefficient (Wildman–Crippen LogP) is 6.73. The molecule has 2 aromatic carbocycles. The highest BCUT2D eigenvalue weighted by Crippen LogP contribution is 2.42. The fraction of sp³-hybridized carbons (Fsp3) is 0.625. The van der Waals surface area contributed by atoms with Crippen LogP contribution >= 0.6 is 0 Å². The summed E-state index contributed by atoms with van der Waals surface area (Å²) in [6.45, 7) is 21.1. The van der Waals surface area contributed by atoms with Crippen LogP contribution in [0.2, 0.25) is 5.04 Å². The van der Waals surface area contributed by atoms with Crippen LogP contribution < -0.4 is 10.4 Å². The Labute approximate surface area is 295 Å². The van der Waals surface area contributed by atoms with Gasteiger partial charge in [0.25, 0.3) is 8.32 Å². The lowest BCUT2D eigenvalue weighted by Crippen LogP contribution is -2.68. The van der Waals surface area contributed by atoms with Crippen molar-refractivity contribution in [2.75, 3.05) is 13.2 Å². The van der Waals surface area contributed by atoms with Crippen molar-refractivity contribution in [1.82, 2.24) is 4.90 Å². The van der Waals surface area contributed by atoms with Crippen LogP contribution in [0.15, 0.2) is 72.8 Å². The number of carbonyl (C=O) groups is 1. The van der Waals surface area contributed by atoms with Crippen molar-refractivity contribution in [3.8, 4) is 0 Å². The Kier molecular flexibility index (Phi) is 11.5. The maximum absolute atomic E-state index is 13.8. The van der Waals surface area contributed by atoms with Gasteiger partial charge in [0.2, 0.25) is 0 Å². The zero-order valence-corrected chi connectivity index (χ0v) is 31.9. The van der Waals surface area contributed by atoms with E-state index in [4.69, 9.17) is 23.4 Å². The lowest BCUT2D eigenvalue weighted by atomic mass is 9.90. The number of hydrogen-bond acceptors (Lipinski definition) is 7. The first kappa shape index (κ1) is 37.7. The molecule has 6 atom stereocenters. The highest BCUT2D eigenvalue weighted by Gasteiger charge is 2.55. The van der Waals surface area contributed by atoms with Gasteiger partial charge in [0.1, 0.15) is 11.3 Å². The molecule has 0 aromatic heterocycles. The topological polar surface area (TPSA) is 86.7 Å². The Morgan fingerprint density at radius 2 is 1.51 bits per heavy atom. The minimum atomic E-state index is -2.88. The molecule has 0 spiro atoms. The molecule has 3 fully saturated rings. The molecule has 8 nitrogen and oxygen atoms in total. The molecule has 0 saturated carbocycles. The van der Waals surface area contributed by atoms with Crippen LogP contribution in [0.25, 0.3) is 0 Å². The monoisotopic (exact) mass is 693 g/mol. The van der Waals surface area contributed by atoms with Gasteiger partial charge in [-0.1, -0.05) is 93.6 Å². The number of aliphatic hydroxyl groups is 1. The molecule has 1 N–H and O–H groups in total. The molecule has 5 rings (SSSR count). The van der Waals surface area contributed by atoms with Crippen LogP contribution in [-0.4, -0.2) is 85.5 Å². The van der Waals surface area contributed by atoms with Gasteiger partial charge in [0.05, 0.1) is 43.2 Å². The van der Waals surface area contributed by atoms with Gasteiger partial charge >= 0.3 is 6.09 Å². The van der Waals surface area contributed by atoms with Gasteiger partial charge < -0.3 is 28.5 Å². The molecule has 9 heteroatoms. The maximum Gasteiger partial charge on any atom is 0.412 e. The third-order valence-electron chi connectivity index (χ3n) is 10.1. The van der Waals surface area contributed by atoms with Gasteiger partial charge in [-0.05, 0) is 75.7 Å². The largest absolute Gasteiger partial charge is 0.444 e. The summed E-state index contributed by atoms with van der Waals surface area (Å²) in [6, 6.07) is 21.1. The maximum atomic E-state index is 13.8. The average molecular weight is 694 g/mol. The Balaban J connectivity index is 1.52. The van der Waals surface area contributed by atoms with Crippen molar-refractivity contribution in [3.05, 3.63) is 72.8 Å². The Morgan fingerprint density at radius 1 is 0.918 bits per heavy atom. The van der Waals surface area contributed by atoms with E-state index in [-0.39, 0.29) is 48.2 Å². The average Bonchev–Trinajstić information content (AvgIpc) is 3.34. The summed E-state index contributed by atoms with van der Waals surface area (Å²) in [4.78, 5) is 15.5. The highest BCUT2D eigenvalue weighted by atomic mass is 28.4. The molecule has 0 bridgehead atoms. The number of benzene rings is 2. The van der Waals surface area contributed by atoms with E-state index in [1.807, 2.05) is 34.6 Å². The third-order valence-corrected chi connectivity index (χ3v) is 15.2. The number of aliphatic hydroxyl groups excluding tert-OH is 1. The van der Waals surface area contributed by atoms with Crippen LogP contribution in [0, 0.1) is 0 Å². The third kappa shape index (κ3) is 8.68. The molecule has 1 amide bonds. The van der Waals surface area contributed by atoms with Crippen LogP contribution in [-0.2, 0) is 23.4 Å². The Bertz CT molecular complexity index is 1360. The molecule has 0 unspecified atom stereocenters. The molecule has 3 aliphatic rings. The van der Waals surface area contributed by atoms with Crippen molar-refractivity contribution in [2.45, 2.75) is 147 Å². The summed E-state index contributed by atoms with van der Waals surface area (Å²) in [5, 5.41) is 11.9. The van der Waals surface area contributed by atoms with E-state index in [0.29, 0.717) is 32.3 Å². The molecular formula is C40H59NO7Si. The van der Waals surface area contributed by atoms with E-state index in [9.17, 15) is 9.90 Å². The number of carbonyl (C=O) groups excluding carboxylic acids is 1. The molecular weight excluding hydrogens is 635 g/mol. The standard InChI is InChI=1S/C40H59NO7Si/c1-28-22-29(20-21-42)45-30(23-28)24-31-25-32(26-36(46-31)35-27-44-40(8,9)41(35)37(43)47-38(2,3)4)48-49(39(5,6)7,33-16-12-10-13-17-33)34-18-14-11-15-19-34/h10-19,29-32,35-36,42H,1,20-27H2,2-9H3/t29-,30+,31+,32+,35+,36+/m0/s1. The van der Waals surface area contributed by atoms with E-state index < -0.39 is 25.7 Å². The van der Waals surface area contributed by atoms with E-state index in [2.05, 4.69) is 88.0 Å². The Morgan fingerprint density at radius 3 is 2.06 bits per heavy atom. The minimum Gasteiger partial charge on any atom is -0.444 e. The van der Waals surface area contributed by atoms with Crippen LogP contribution in [0.5, 0.6) is 0 Å². The zero-order chi connectivity index (χ0) is 35.6. The predicted molar refractivity (Wildman–Crippen MR) is 196 cm³/mol. The first-order valence-electron chi connectivity index (χ1n) is 18.1. The summed E-state index contributed by atoms with van der Waals surface area (Å²) >= 11 is 0. The van der Waals surface area contributed by atoms with Crippen molar-refractivity contribution in [3.63, 3.8) is 0 Å². The highest BCUT2D eigenvalue weighted by molar-refractivity contribution is 6.99. The first-order chi connectivity index (χ1) is 23.0. The summed E-state index contributed by atoms with van der Waals surface area (Å²) in [6.07, 6.45) is 2.86. The van der Waals surface area contributed by atoms with Crippen LogP contribution in [0.1, 0.15) is 93.9 Å². The van der Waals surface area contributed by atoms with Gasteiger partial charge in [0, 0.05) is 19.4 Å². The molecule has 49 heavy (non-hydrogen) atoms. The lowest BCUT2D eigenvalue weighted by molar-refractivity contribution is -0.142. The Hall–Kier alpha value is -2.53. The molecule has 3 aliphatic heterocycles. The lowest BCUT2D eigenvalue weighted by Gasteiger charge is -2.49. The van der Waals surface area contributed by atoms with E-state index in [1.54, 1.807) is 4.90 Å². The van der Waals surface area contributed by atoms with E-state index in [1.165, 1.54) is 10.4 Å². The summed E-state index contributed by atoms with van der Waals surface area (Å²) in [7, 11) is -2.88. The fourth-order valence-corrected chi connectivity index (χ4v) is 12.8. The number of amides is 1. The second kappa shape index (κ2) is 15.0. The fourth-order valence-electron chi connectivity index (χ4n) is 8.06. The van der Waals surface area contributed by atoms with Gasteiger partial charge in [-0.25, -0.2) is 4.79 Å². The summed E-state index contributed by atoms with van der Waals surface area (Å²) in [5.74, 6) is 0. The minimum absolute atomic E-state index is 0.0496. The van der Waals surface area contributed by atoms with Crippen LogP contribution in [0.3, 0.4) is 0 Å². The van der Waals surface area contributed by atoms with E-state index >= 15 is 0 Å². The van der Waals surface area contributed by atoms with Gasteiger partial charge in [-0.15, -0.1) is 0 Å². The van der Waals surface area contributed by atoms with Gasteiger partial charge in [-0.3, -0.25) is 4.90 Å². The van der Waals surface area contributed by atoms with Gasteiger partial charge in [0.15, 0.2) is 0 Å². The number of rotatable bonds is 9. The smallest absolute Gasteiger partial charge is 0.412 e. The number of ether oxygens (including phenoxy) is 4. The normalized spacial score (nSPS) is 28.0. The SMILES string of the molecule is C=C1C[C@H](C[C@@H]2C[C@@H](O[Si](c3ccccc3)(c3ccccc3)C(C)(C)C)C[C@H]([C@H]3COC(C)(C)N3C(=O)OC(C)(C)C)O2)O[C@@H](CCO)C1. The second-order valence-electron chi connectivity index (χ2n) is 16.6. The van der Waals surface area contributed by atoms with Crippen molar-refractivity contribution >= 4 is 24.8 Å². The number of nitrogens with zero attached hydrogens (tertiary/aromatic N) is 1. The molecule has 0 radical (unpaired) electrons. The quantitative estimate of drug-likeness (QED) is 0.230. The summed E-state index contributed by atoms with van der Waals surface area (Å²) < 4.78 is 33.4. The molecule has 2 aromatic rings. The molecule has 3 saturated heterocycles. The van der Waals surface area contributed by atoms with Crippen LogP contribution in [0.4, 0.5) is 4.79 Å². The van der Waals surface area contributed by atoms with Crippen molar-refractivity contribution < 1.29 is 33.3 Å². The molecule has 3 heterocycles. The number of hydrogen-bond donors (Lipinski definition) is 1.